The summed E-state index contributed by atoms with van der Waals surface area (Å²) in [6, 6.07) is 15.6. The molecule has 0 aliphatic heterocycles. The molecule has 0 saturated heterocycles. The first-order valence-electron chi connectivity index (χ1n) is 7.18. The quantitative estimate of drug-likeness (QED) is 0.876. The van der Waals surface area contributed by atoms with Crippen molar-refractivity contribution >= 4 is 15.7 Å². The van der Waals surface area contributed by atoms with Gasteiger partial charge in [0, 0.05) is 5.56 Å². The maximum atomic E-state index is 12.2. The van der Waals surface area contributed by atoms with Crippen molar-refractivity contribution in [3.63, 3.8) is 0 Å². The molecule has 0 heterocycles. The van der Waals surface area contributed by atoms with E-state index in [2.05, 4.69) is 17.2 Å². The van der Waals surface area contributed by atoms with Crippen LogP contribution in [0.25, 0.3) is 0 Å². The number of carbonyl (C=O) groups is 1. The molecular formula is C18H17NO3S. The fourth-order valence-electron chi connectivity index (χ4n) is 1.97. The molecule has 0 atom stereocenters. The Balaban J connectivity index is 2.10. The summed E-state index contributed by atoms with van der Waals surface area (Å²) in [4.78, 5) is 12.2. The first kappa shape index (κ1) is 16.8. The third-order valence-electron chi connectivity index (χ3n) is 3.19. The van der Waals surface area contributed by atoms with Crippen molar-refractivity contribution in [1.82, 2.24) is 5.32 Å². The summed E-state index contributed by atoms with van der Waals surface area (Å²) in [5, 5.41) is 2.63. The zero-order valence-corrected chi connectivity index (χ0v) is 13.6. The van der Waals surface area contributed by atoms with Gasteiger partial charge in [-0.2, -0.15) is 0 Å². The van der Waals surface area contributed by atoms with Crippen molar-refractivity contribution in [3.8, 4) is 11.8 Å². The van der Waals surface area contributed by atoms with Crippen LogP contribution in [0.2, 0.25) is 0 Å². The van der Waals surface area contributed by atoms with Crippen LogP contribution in [0.1, 0.15) is 22.8 Å². The largest absolute Gasteiger partial charge is 0.341 e. The van der Waals surface area contributed by atoms with Gasteiger partial charge in [-0.1, -0.05) is 49.1 Å². The predicted octanol–water partition coefficient (Wildman–Crippen LogP) is 2.26. The van der Waals surface area contributed by atoms with E-state index in [1.807, 2.05) is 30.3 Å². The van der Waals surface area contributed by atoms with E-state index in [9.17, 15) is 13.2 Å². The van der Waals surface area contributed by atoms with Crippen LogP contribution < -0.4 is 5.32 Å². The Morgan fingerprint density at radius 3 is 2.39 bits per heavy atom. The third-order valence-corrected chi connectivity index (χ3v) is 4.98. The molecule has 5 heteroatoms. The summed E-state index contributed by atoms with van der Waals surface area (Å²) in [5.41, 5.74) is 1.01. The lowest BCUT2D eigenvalue weighted by atomic mass is 10.2. The lowest BCUT2D eigenvalue weighted by Gasteiger charge is -2.08. The van der Waals surface area contributed by atoms with Crippen LogP contribution in [-0.2, 0) is 9.84 Å². The van der Waals surface area contributed by atoms with Crippen molar-refractivity contribution < 1.29 is 13.2 Å². The van der Waals surface area contributed by atoms with Crippen molar-refractivity contribution in [3.05, 3.63) is 65.7 Å². The second-order valence-electron chi connectivity index (χ2n) is 4.75. The van der Waals surface area contributed by atoms with E-state index in [-0.39, 0.29) is 22.8 Å². The number of benzene rings is 2. The zero-order chi connectivity index (χ0) is 16.7. The highest BCUT2D eigenvalue weighted by molar-refractivity contribution is 7.91. The molecule has 4 nitrogen and oxygen atoms in total. The Bertz CT molecular complexity index is 847. The van der Waals surface area contributed by atoms with Gasteiger partial charge < -0.3 is 5.32 Å². The number of amides is 1. The average Bonchev–Trinajstić information content (AvgIpc) is 2.59. The highest BCUT2D eigenvalue weighted by Gasteiger charge is 2.19. The standard InChI is InChI=1S/C18H17NO3S/c1-2-23(21,22)17-13-7-6-12-16(17)18(20)19-14-8-11-15-9-4-3-5-10-15/h3-7,9-10,12-13H,2,14H2,1H3,(H,19,20). The average molecular weight is 327 g/mol. The fraction of sp³-hybridized carbons (Fsp3) is 0.167. The molecule has 0 spiro atoms. The first-order chi connectivity index (χ1) is 11.0. The Morgan fingerprint density at radius 2 is 1.70 bits per heavy atom. The molecule has 2 rings (SSSR count). The fourth-order valence-corrected chi connectivity index (χ4v) is 3.06. The van der Waals surface area contributed by atoms with Gasteiger partial charge in [0.25, 0.3) is 5.91 Å². The van der Waals surface area contributed by atoms with Gasteiger partial charge in [0.2, 0.25) is 0 Å². The van der Waals surface area contributed by atoms with Gasteiger partial charge in [-0.25, -0.2) is 8.42 Å². The van der Waals surface area contributed by atoms with Gasteiger partial charge >= 0.3 is 0 Å². The van der Waals surface area contributed by atoms with Crippen molar-refractivity contribution in [2.75, 3.05) is 12.3 Å². The minimum atomic E-state index is -3.44. The summed E-state index contributed by atoms with van der Waals surface area (Å²) in [6.45, 7) is 1.70. The van der Waals surface area contributed by atoms with E-state index in [4.69, 9.17) is 0 Å². The summed E-state index contributed by atoms with van der Waals surface area (Å²) in [6.07, 6.45) is 0. The van der Waals surface area contributed by atoms with Crippen LogP contribution in [0.5, 0.6) is 0 Å². The van der Waals surface area contributed by atoms with Crippen LogP contribution in [0.15, 0.2) is 59.5 Å². The van der Waals surface area contributed by atoms with Gasteiger partial charge in [0.1, 0.15) is 0 Å². The predicted molar refractivity (Wildman–Crippen MR) is 89.8 cm³/mol. The molecule has 0 radical (unpaired) electrons. The van der Waals surface area contributed by atoms with Crippen LogP contribution in [0.4, 0.5) is 0 Å². The Kier molecular flexibility index (Phi) is 5.56. The van der Waals surface area contributed by atoms with Crippen LogP contribution in [-0.4, -0.2) is 26.6 Å². The van der Waals surface area contributed by atoms with Gasteiger partial charge in [-0.15, -0.1) is 0 Å². The van der Waals surface area contributed by atoms with E-state index < -0.39 is 15.7 Å². The van der Waals surface area contributed by atoms with Crippen LogP contribution >= 0.6 is 0 Å². The minimum absolute atomic E-state index is 0.0505. The number of carbonyl (C=O) groups excluding carboxylic acids is 1. The van der Waals surface area contributed by atoms with Crippen molar-refractivity contribution in [2.24, 2.45) is 0 Å². The monoisotopic (exact) mass is 327 g/mol. The maximum Gasteiger partial charge on any atom is 0.253 e. The number of rotatable bonds is 4. The number of hydrogen-bond donors (Lipinski definition) is 1. The molecular weight excluding hydrogens is 310 g/mol. The number of hydrogen-bond acceptors (Lipinski definition) is 3. The molecule has 0 unspecified atom stereocenters. The third kappa shape index (κ3) is 4.44. The molecule has 0 bridgehead atoms. The minimum Gasteiger partial charge on any atom is -0.341 e. The SMILES string of the molecule is CCS(=O)(=O)c1ccccc1C(=O)NCC#Cc1ccccc1. The van der Waals surface area contributed by atoms with E-state index in [1.54, 1.807) is 19.1 Å². The lowest BCUT2D eigenvalue weighted by Crippen LogP contribution is -2.25. The second kappa shape index (κ2) is 7.61. The topological polar surface area (TPSA) is 63.2 Å². The number of sulfone groups is 1. The molecule has 2 aromatic rings. The van der Waals surface area contributed by atoms with Gasteiger partial charge in [0.05, 0.1) is 22.8 Å². The van der Waals surface area contributed by atoms with Gasteiger partial charge in [0.15, 0.2) is 9.84 Å². The normalized spacial score (nSPS) is 10.5. The summed E-state index contributed by atoms with van der Waals surface area (Å²) in [5.74, 6) is 5.27. The molecule has 0 aliphatic carbocycles. The smallest absolute Gasteiger partial charge is 0.253 e. The van der Waals surface area contributed by atoms with E-state index in [0.29, 0.717) is 0 Å². The molecule has 118 valence electrons. The number of nitrogens with one attached hydrogen (secondary N) is 1. The van der Waals surface area contributed by atoms with E-state index >= 15 is 0 Å². The van der Waals surface area contributed by atoms with Crippen molar-refractivity contribution in [1.29, 1.82) is 0 Å². The van der Waals surface area contributed by atoms with Crippen molar-refractivity contribution in [2.45, 2.75) is 11.8 Å². The highest BCUT2D eigenvalue weighted by atomic mass is 32.2. The molecule has 23 heavy (non-hydrogen) atoms. The molecule has 0 aliphatic rings. The molecule has 0 saturated carbocycles. The molecule has 1 N–H and O–H groups in total. The maximum absolute atomic E-state index is 12.2. The molecule has 0 aromatic heterocycles. The Hall–Kier alpha value is -2.58. The summed E-state index contributed by atoms with van der Waals surface area (Å²) in [7, 11) is -3.44. The lowest BCUT2D eigenvalue weighted by molar-refractivity contribution is 0.0955. The van der Waals surface area contributed by atoms with Gasteiger partial charge in [-0.3, -0.25) is 4.79 Å². The second-order valence-corrected chi connectivity index (χ2v) is 7.00. The Labute approximate surface area is 136 Å². The van der Waals surface area contributed by atoms with E-state index in [0.717, 1.165) is 5.56 Å². The summed E-state index contributed by atoms with van der Waals surface area (Å²) < 4.78 is 24.1. The molecule has 1 amide bonds. The zero-order valence-electron chi connectivity index (χ0n) is 12.7. The first-order valence-corrected chi connectivity index (χ1v) is 8.83. The molecule has 2 aromatic carbocycles. The Morgan fingerprint density at radius 1 is 1.04 bits per heavy atom. The highest BCUT2D eigenvalue weighted by Crippen LogP contribution is 2.16. The van der Waals surface area contributed by atoms with Gasteiger partial charge in [-0.05, 0) is 24.3 Å². The van der Waals surface area contributed by atoms with E-state index in [1.165, 1.54) is 12.1 Å². The van der Waals surface area contributed by atoms with Crippen LogP contribution in [0, 0.1) is 11.8 Å². The summed E-state index contributed by atoms with van der Waals surface area (Å²) >= 11 is 0. The molecule has 0 fully saturated rings. The van der Waals surface area contributed by atoms with Crippen LogP contribution in [0.3, 0.4) is 0 Å².